The number of aromatic nitrogens is 2. The van der Waals surface area contributed by atoms with E-state index in [1.807, 2.05) is 29.4 Å². The van der Waals surface area contributed by atoms with Gasteiger partial charge < -0.3 is 10.6 Å². The highest BCUT2D eigenvalue weighted by Gasteiger charge is 2.51. The third-order valence-corrected chi connectivity index (χ3v) is 4.94. The molecule has 6 nitrogen and oxygen atoms in total. The molecular weight excluding hydrogens is 312 g/mol. The minimum absolute atomic E-state index is 0.0579. The molecule has 130 valence electrons. The fourth-order valence-corrected chi connectivity index (χ4v) is 3.20. The van der Waals surface area contributed by atoms with Crippen LogP contribution in [0.3, 0.4) is 0 Å². The lowest BCUT2D eigenvalue weighted by molar-refractivity contribution is 0.330. The van der Waals surface area contributed by atoms with Gasteiger partial charge in [-0.1, -0.05) is 13.5 Å². The summed E-state index contributed by atoms with van der Waals surface area (Å²) in [5, 5.41) is 20.7. The van der Waals surface area contributed by atoms with Gasteiger partial charge in [0.25, 0.3) is 0 Å². The van der Waals surface area contributed by atoms with E-state index >= 15 is 0 Å². The van der Waals surface area contributed by atoms with Crippen LogP contribution in [0.25, 0.3) is 5.57 Å². The zero-order chi connectivity index (χ0) is 17.9. The smallest absolute Gasteiger partial charge is 0.137 e. The number of hydrogen-bond acceptors (Lipinski definition) is 4. The van der Waals surface area contributed by atoms with E-state index in [9.17, 15) is 5.26 Å². The molecule has 1 saturated carbocycles. The molecule has 2 aliphatic rings. The third-order valence-electron chi connectivity index (χ3n) is 4.94. The number of nitrogens with zero attached hydrogens (tertiary/aromatic N) is 4. The molecular formula is C19H24N6. The van der Waals surface area contributed by atoms with Crippen LogP contribution in [0, 0.1) is 16.7 Å². The second-order valence-electron chi connectivity index (χ2n) is 6.48. The summed E-state index contributed by atoms with van der Waals surface area (Å²) in [6, 6.07) is 2.57. The Labute approximate surface area is 148 Å². The molecule has 3 rings (SSSR count). The van der Waals surface area contributed by atoms with E-state index in [2.05, 4.69) is 47.2 Å². The summed E-state index contributed by atoms with van der Waals surface area (Å²) in [4.78, 5) is 4.27. The van der Waals surface area contributed by atoms with Crippen molar-refractivity contribution in [1.82, 2.24) is 20.4 Å². The molecule has 2 heterocycles. The Morgan fingerprint density at radius 1 is 1.64 bits per heavy atom. The number of nitrogens with one attached hydrogen (secondary N) is 2. The normalized spacial score (nSPS) is 22.4. The number of hydrogen-bond donors (Lipinski definition) is 2. The average molecular weight is 336 g/mol. The molecule has 0 amide bonds. The Balaban J connectivity index is 1.91. The van der Waals surface area contributed by atoms with Crippen molar-refractivity contribution in [3.05, 3.63) is 48.6 Å². The standard InChI is InChI=1S/C19H24N6/c1-4-21-11-17(19(13-20)7-8-19)25-12-15(10-24-25)14(3)16-6-9-23-18(16)22-5-2/h5-6,9-10,12,17,21H,2,4,7-8,11H2,1,3H3,(H,22,23)/b16-14+. The van der Waals surface area contributed by atoms with Gasteiger partial charge >= 0.3 is 0 Å². The third kappa shape index (κ3) is 3.28. The molecule has 0 aromatic carbocycles. The predicted octanol–water partition coefficient (Wildman–Crippen LogP) is 2.77. The van der Waals surface area contributed by atoms with Crippen molar-refractivity contribution in [2.24, 2.45) is 10.4 Å². The Hall–Kier alpha value is -2.65. The van der Waals surface area contributed by atoms with Crippen LogP contribution in [-0.4, -0.2) is 28.7 Å². The van der Waals surface area contributed by atoms with Gasteiger partial charge in [0.05, 0.1) is 23.7 Å². The van der Waals surface area contributed by atoms with Crippen molar-refractivity contribution in [2.75, 3.05) is 13.1 Å². The molecule has 25 heavy (non-hydrogen) atoms. The van der Waals surface area contributed by atoms with Gasteiger partial charge in [-0.2, -0.15) is 10.4 Å². The van der Waals surface area contributed by atoms with Crippen LogP contribution < -0.4 is 10.6 Å². The van der Waals surface area contributed by atoms with Crippen LogP contribution in [0.5, 0.6) is 0 Å². The first-order chi connectivity index (χ1) is 12.1. The fourth-order valence-electron chi connectivity index (χ4n) is 3.20. The molecule has 1 aromatic heterocycles. The molecule has 0 saturated heterocycles. The van der Waals surface area contributed by atoms with E-state index in [1.54, 1.807) is 0 Å². The minimum Gasteiger partial charge on any atom is -0.346 e. The summed E-state index contributed by atoms with van der Waals surface area (Å²) in [7, 11) is 0. The highest BCUT2D eigenvalue weighted by atomic mass is 15.3. The quantitative estimate of drug-likeness (QED) is 0.802. The summed E-state index contributed by atoms with van der Waals surface area (Å²) < 4.78 is 1.95. The predicted molar refractivity (Wildman–Crippen MR) is 99.6 cm³/mol. The van der Waals surface area contributed by atoms with E-state index in [0.717, 1.165) is 48.5 Å². The fraction of sp³-hybridized carbons (Fsp3) is 0.421. The molecule has 0 spiro atoms. The number of nitriles is 1. The van der Waals surface area contributed by atoms with Gasteiger partial charge in [-0.15, -0.1) is 0 Å². The van der Waals surface area contributed by atoms with Crippen LogP contribution in [0.1, 0.15) is 38.3 Å². The van der Waals surface area contributed by atoms with E-state index in [1.165, 1.54) is 6.20 Å². The maximum atomic E-state index is 9.60. The molecule has 2 N–H and O–H groups in total. The van der Waals surface area contributed by atoms with Gasteiger partial charge in [-0.05, 0) is 38.0 Å². The van der Waals surface area contributed by atoms with E-state index < -0.39 is 0 Å². The van der Waals surface area contributed by atoms with Crippen LogP contribution in [0.2, 0.25) is 0 Å². The molecule has 0 radical (unpaired) electrons. The lowest BCUT2D eigenvalue weighted by atomic mass is 9.98. The molecule has 1 atom stereocenters. The first kappa shape index (κ1) is 17.2. The van der Waals surface area contributed by atoms with E-state index in [4.69, 9.17) is 0 Å². The van der Waals surface area contributed by atoms with Crippen LogP contribution in [0.15, 0.2) is 48.0 Å². The van der Waals surface area contributed by atoms with Crippen LogP contribution >= 0.6 is 0 Å². The molecule has 0 bridgehead atoms. The topological polar surface area (TPSA) is 78.0 Å². The highest BCUT2D eigenvalue weighted by Crippen LogP contribution is 2.53. The Morgan fingerprint density at radius 3 is 3.08 bits per heavy atom. The maximum Gasteiger partial charge on any atom is 0.137 e. The number of rotatable bonds is 7. The Morgan fingerprint density at radius 2 is 2.44 bits per heavy atom. The van der Waals surface area contributed by atoms with Gasteiger partial charge in [0.2, 0.25) is 0 Å². The van der Waals surface area contributed by atoms with Crippen molar-refractivity contribution in [2.45, 2.75) is 32.7 Å². The molecule has 1 fully saturated rings. The number of aliphatic imine (C=N–C) groups is 1. The molecule has 1 unspecified atom stereocenters. The summed E-state index contributed by atoms with van der Waals surface area (Å²) in [6.07, 6.45) is 11.2. The zero-order valence-electron chi connectivity index (χ0n) is 14.8. The SMILES string of the molecule is C=C/N=C1/NC=C/C1=C(/C)c1cnn(C(CNCC)C2(C#N)CC2)c1. The minimum atomic E-state index is -0.281. The van der Waals surface area contributed by atoms with E-state index in [-0.39, 0.29) is 11.5 Å². The van der Waals surface area contributed by atoms with Gasteiger partial charge in [0.15, 0.2) is 0 Å². The molecule has 1 aromatic rings. The number of likely N-dealkylation sites (N-methyl/N-ethyl adjacent to an activating group) is 1. The number of amidine groups is 1. The molecule has 1 aliphatic heterocycles. The summed E-state index contributed by atoms with van der Waals surface area (Å²) >= 11 is 0. The monoisotopic (exact) mass is 336 g/mol. The number of allylic oxidation sites excluding steroid dienone is 1. The van der Waals surface area contributed by atoms with Crippen molar-refractivity contribution in [3.63, 3.8) is 0 Å². The molecule has 6 heteroatoms. The highest BCUT2D eigenvalue weighted by molar-refractivity contribution is 6.09. The van der Waals surface area contributed by atoms with Crippen LogP contribution in [0.4, 0.5) is 0 Å². The van der Waals surface area contributed by atoms with E-state index in [0.29, 0.717) is 0 Å². The Bertz CT molecular complexity index is 785. The van der Waals surface area contributed by atoms with Crippen molar-refractivity contribution in [1.29, 1.82) is 5.26 Å². The molecule has 1 aliphatic carbocycles. The van der Waals surface area contributed by atoms with Gasteiger partial charge in [-0.3, -0.25) is 4.68 Å². The van der Waals surface area contributed by atoms with Gasteiger partial charge in [0.1, 0.15) is 5.84 Å². The lowest BCUT2D eigenvalue weighted by Crippen LogP contribution is -2.31. The second-order valence-corrected chi connectivity index (χ2v) is 6.48. The lowest BCUT2D eigenvalue weighted by Gasteiger charge is -2.22. The van der Waals surface area contributed by atoms with Gasteiger partial charge in [-0.25, -0.2) is 4.99 Å². The summed E-state index contributed by atoms with van der Waals surface area (Å²) in [5.74, 6) is 0.792. The average Bonchev–Trinajstić information content (AvgIpc) is 3.04. The maximum absolute atomic E-state index is 9.60. The second kappa shape index (κ2) is 7.08. The Kier molecular flexibility index (Phi) is 4.86. The van der Waals surface area contributed by atoms with Crippen molar-refractivity contribution < 1.29 is 0 Å². The van der Waals surface area contributed by atoms with Crippen molar-refractivity contribution >= 4 is 11.4 Å². The first-order valence-corrected chi connectivity index (χ1v) is 8.64. The van der Waals surface area contributed by atoms with Crippen LogP contribution in [-0.2, 0) is 0 Å². The largest absolute Gasteiger partial charge is 0.346 e. The van der Waals surface area contributed by atoms with Crippen molar-refractivity contribution in [3.8, 4) is 6.07 Å². The summed E-state index contributed by atoms with van der Waals surface area (Å²) in [6.45, 7) is 9.43. The zero-order valence-corrected chi connectivity index (χ0v) is 14.8. The van der Waals surface area contributed by atoms with Gasteiger partial charge in [0, 0.05) is 36.3 Å². The summed E-state index contributed by atoms with van der Waals surface area (Å²) in [5.41, 5.74) is 2.88. The first-order valence-electron chi connectivity index (χ1n) is 8.64.